The number of carbonyl (C=O) groups is 1. The lowest BCUT2D eigenvalue weighted by molar-refractivity contribution is 0.101. The Labute approximate surface area is 123 Å². The van der Waals surface area contributed by atoms with Crippen LogP contribution in [0, 0.1) is 20.8 Å². The van der Waals surface area contributed by atoms with Crippen molar-refractivity contribution in [1.29, 1.82) is 0 Å². The van der Waals surface area contributed by atoms with E-state index in [0.717, 1.165) is 34.1 Å². The Bertz CT molecular complexity index is 628. The van der Waals surface area contributed by atoms with Crippen LogP contribution in [0.15, 0.2) is 11.4 Å². The van der Waals surface area contributed by atoms with Crippen molar-refractivity contribution in [3.63, 3.8) is 0 Å². The van der Waals surface area contributed by atoms with E-state index in [2.05, 4.69) is 9.97 Å². The molecule has 0 aromatic carbocycles. The van der Waals surface area contributed by atoms with E-state index in [0.29, 0.717) is 5.95 Å². The Kier molecular flexibility index (Phi) is 4.18. The third-order valence-electron chi connectivity index (χ3n) is 3.12. The second kappa shape index (κ2) is 5.71. The van der Waals surface area contributed by atoms with Gasteiger partial charge in [0.15, 0.2) is 5.78 Å². The van der Waals surface area contributed by atoms with Gasteiger partial charge in [-0.15, -0.1) is 11.3 Å². The molecule has 0 bridgehead atoms. The molecule has 4 nitrogen and oxygen atoms in total. The Morgan fingerprint density at radius 1 is 1.25 bits per heavy atom. The van der Waals surface area contributed by atoms with Crippen LogP contribution in [0.5, 0.6) is 0 Å². The maximum Gasteiger partial charge on any atom is 0.230 e. The average Bonchev–Trinajstić information content (AvgIpc) is 2.72. The number of thiophene rings is 1. The van der Waals surface area contributed by atoms with Gasteiger partial charge in [-0.05, 0) is 40.7 Å². The maximum absolute atomic E-state index is 11.8. The van der Waals surface area contributed by atoms with Crippen molar-refractivity contribution in [2.75, 3.05) is 11.4 Å². The molecule has 2 aromatic rings. The van der Waals surface area contributed by atoms with Crippen LogP contribution in [0.3, 0.4) is 0 Å². The van der Waals surface area contributed by atoms with E-state index in [1.54, 1.807) is 18.3 Å². The quantitative estimate of drug-likeness (QED) is 0.803. The van der Waals surface area contributed by atoms with Gasteiger partial charge in [0.2, 0.25) is 5.95 Å². The molecular weight excluding hydrogens is 270 g/mol. The molecule has 5 heteroatoms. The molecule has 0 unspecified atom stereocenters. The number of aromatic nitrogens is 2. The normalized spacial score (nSPS) is 10.7. The lowest BCUT2D eigenvalue weighted by Gasteiger charge is -2.22. The van der Waals surface area contributed by atoms with Gasteiger partial charge >= 0.3 is 0 Å². The number of rotatable bonds is 4. The van der Waals surface area contributed by atoms with Crippen LogP contribution in [-0.2, 0) is 0 Å². The second-order valence-electron chi connectivity index (χ2n) is 4.81. The summed E-state index contributed by atoms with van der Waals surface area (Å²) >= 11 is 1.59. The highest BCUT2D eigenvalue weighted by Gasteiger charge is 2.21. The summed E-state index contributed by atoms with van der Waals surface area (Å²) in [7, 11) is 0. The molecule has 2 heterocycles. The van der Waals surface area contributed by atoms with Crippen molar-refractivity contribution < 1.29 is 4.79 Å². The first kappa shape index (κ1) is 14.7. The first-order valence-electron chi connectivity index (χ1n) is 6.62. The summed E-state index contributed by atoms with van der Waals surface area (Å²) in [5.74, 6) is 0.737. The summed E-state index contributed by atoms with van der Waals surface area (Å²) < 4.78 is 0. The highest BCUT2D eigenvalue weighted by atomic mass is 32.1. The minimum absolute atomic E-state index is 0.0761. The first-order chi connectivity index (χ1) is 9.43. The minimum atomic E-state index is 0.0761. The van der Waals surface area contributed by atoms with E-state index < -0.39 is 0 Å². The van der Waals surface area contributed by atoms with Crippen molar-refractivity contribution in [3.8, 4) is 0 Å². The molecule has 20 heavy (non-hydrogen) atoms. The summed E-state index contributed by atoms with van der Waals surface area (Å²) in [5, 5.41) is 1.91. The third-order valence-corrected chi connectivity index (χ3v) is 4.02. The van der Waals surface area contributed by atoms with Gasteiger partial charge < -0.3 is 4.90 Å². The third kappa shape index (κ3) is 2.72. The number of Topliss-reactive ketones (excluding diaryl/α,β-unsaturated/α-hetero) is 1. The molecule has 2 rings (SSSR count). The fraction of sp³-hybridized carbons (Fsp3) is 0.400. The molecule has 0 N–H and O–H groups in total. The number of aryl methyl sites for hydroxylation is 3. The Morgan fingerprint density at radius 3 is 2.35 bits per heavy atom. The van der Waals surface area contributed by atoms with E-state index in [1.165, 1.54) is 0 Å². The smallest absolute Gasteiger partial charge is 0.230 e. The van der Waals surface area contributed by atoms with Crippen LogP contribution in [0.4, 0.5) is 11.6 Å². The molecule has 0 aliphatic carbocycles. The van der Waals surface area contributed by atoms with Crippen LogP contribution in [0.1, 0.15) is 40.5 Å². The van der Waals surface area contributed by atoms with E-state index in [1.807, 2.05) is 44.0 Å². The second-order valence-corrected chi connectivity index (χ2v) is 5.89. The van der Waals surface area contributed by atoms with Crippen molar-refractivity contribution in [1.82, 2.24) is 9.97 Å². The predicted octanol–water partition coefficient (Wildman–Crippen LogP) is 3.82. The summed E-state index contributed by atoms with van der Waals surface area (Å²) in [6.45, 7) is 10.3. The lowest BCUT2D eigenvalue weighted by atomic mass is 10.1. The zero-order valence-corrected chi connectivity index (χ0v) is 13.3. The molecule has 0 radical (unpaired) electrons. The summed E-state index contributed by atoms with van der Waals surface area (Å²) in [4.78, 5) is 24.0. The Morgan fingerprint density at radius 2 is 1.85 bits per heavy atom. The molecule has 0 atom stereocenters. The summed E-state index contributed by atoms with van der Waals surface area (Å²) in [6.07, 6.45) is 0. The lowest BCUT2D eigenvalue weighted by Crippen LogP contribution is -2.21. The van der Waals surface area contributed by atoms with Gasteiger partial charge in [-0.25, -0.2) is 9.97 Å². The zero-order valence-electron chi connectivity index (χ0n) is 12.5. The summed E-state index contributed by atoms with van der Waals surface area (Å²) in [5.41, 5.74) is 3.55. The molecule has 0 amide bonds. The first-order valence-corrected chi connectivity index (χ1v) is 7.50. The van der Waals surface area contributed by atoms with E-state index >= 15 is 0 Å². The average molecular weight is 289 g/mol. The topological polar surface area (TPSA) is 46.1 Å². The van der Waals surface area contributed by atoms with Gasteiger partial charge in [0.1, 0.15) is 0 Å². The van der Waals surface area contributed by atoms with E-state index in [9.17, 15) is 4.79 Å². The molecule has 0 aliphatic rings. The number of nitrogens with zero attached hydrogens (tertiary/aromatic N) is 3. The van der Waals surface area contributed by atoms with Crippen molar-refractivity contribution >= 4 is 28.8 Å². The predicted molar refractivity (Wildman–Crippen MR) is 83.2 cm³/mol. The van der Waals surface area contributed by atoms with Crippen LogP contribution >= 0.6 is 11.3 Å². The molecular formula is C15H19N3OS. The zero-order chi connectivity index (χ0) is 14.9. The van der Waals surface area contributed by atoms with Crippen molar-refractivity contribution in [3.05, 3.63) is 33.3 Å². The number of hydrogen-bond acceptors (Lipinski definition) is 5. The van der Waals surface area contributed by atoms with Crippen LogP contribution in [0.25, 0.3) is 0 Å². The van der Waals surface area contributed by atoms with Gasteiger partial charge in [0, 0.05) is 28.2 Å². The van der Waals surface area contributed by atoms with Crippen LogP contribution in [0.2, 0.25) is 0 Å². The number of hydrogen-bond donors (Lipinski definition) is 0. The minimum Gasteiger partial charge on any atom is -0.309 e. The highest BCUT2D eigenvalue weighted by Crippen LogP contribution is 2.34. The highest BCUT2D eigenvalue weighted by molar-refractivity contribution is 7.10. The fourth-order valence-corrected chi connectivity index (χ4v) is 3.17. The van der Waals surface area contributed by atoms with E-state index in [-0.39, 0.29) is 5.78 Å². The van der Waals surface area contributed by atoms with Crippen molar-refractivity contribution in [2.24, 2.45) is 0 Å². The molecule has 106 valence electrons. The number of ketones is 1. The van der Waals surface area contributed by atoms with Gasteiger partial charge in [-0.2, -0.15) is 0 Å². The molecule has 0 saturated carbocycles. The number of carbonyl (C=O) groups excluding carboxylic acids is 1. The molecule has 0 aliphatic heterocycles. The van der Waals surface area contributed by atoms with Gasteiger partial charge in [0.25, 0.3) is 0 Å². The van der Waals surface area contributed by atoms with Gasteiger partial charge in [-0.1, -0.05) is 0 Å². The Hall–Kier alpha value is -1.75. The molecule has 2 aromatic heterocycles. The van der Waals surface area contributed by atoms with E-state index in [4.69, 9.17) is 0 Å². The fourth-order valence-electron chi connectivity index (χ4n) is 2.26. The maximum atomic E-state index is 11.8. The monoisotopic (exact) mass is 289 g/mol. The van der Waals surface area contributed by atoms with Crippen LogP contribution < -0.4 is 4.90 Å². The number of anilines is 2. The molecule has 0 saturated heterocycles. The summed E-state index contributed by atoms with van der Waals surface area (Å²) in [6, 6.07) is 1.95. The van der Waals surface area contributed by atoms with Gasteiger partial charge in [0.05, 0.1) is 11.3 Å². The largest absolute Gasteiger partial charge is 0.309 e. The van der Waals surface area contributed by atoms with Crippen LogP contribution in [-0.4, -0.2) is 22.3 Å². The Balaban J connectivity index is 2.58. The molecule has 0 fully saturated rings. The SMILES string of the molecule is CCN(c1nc(C)cc(C)n1)c1c(C(C)=O)csc1C. The van der Waals surface area contributed by atoms with Gasteiger partial charge in [-0.3, -0.25) is 4.79 Å². The standard InChI is InChI=1S/C15H19N3OS/c1-6-18(15-16-9(2)7-10(3)17-15)14-12(5)20-8-13(14)11(4)19/h7-8H,6H2,1-5H3. The van der Waals surface area contributed by atoms with Crippen molar-refractivity contribution in [2.45, 2.75) is 34.6 Å². The molecule has 0 spiro atoms.